The highest BCUT2D eigenvalue weighted by Gasteiger charge is 2.49. The van der Waals surface area contributed by atoms with Gasteiger partial charge in [0.25, 0.3) is 0 Å². The number of carbonyl (C=O) groups excluding carboxylic acids is 2. The van der Waals surface area contributed by atoms with Crippen LogP contribution >= 0.6 is 0 Å². The fourth-order valence-electron chi connectivity index (χ4n) is 7.28. The van der Waals surface area contributed by atoms with Gasteiger partial charge in [-0.25, -0.2) is 4.98 Å². The maximum absolute atomic E-state index is 13.0. The molecule has 0 spiro atoms. The Bertz CT molecular complexity index is 1400. The van der Waals surface area contributed by atoms with E-state index in [2.05, 4.69) is 39.5 Å². The first-order chi connectivity index (χ1) is 19.7. The molecule has 3 aliphatic rings. The molecule has 4 N–H and O–H groups in total. The van der Waals surface area contributed by atoms with E-state index in [0.29, 0.717) is 49.4 Å². The summed E-state index contributed by atoms with van der Waals surface area (Å²) in [5, 5.41) is 13.3. The molecule has 0 radical (unpaired) electrons. The highest BCUT2D eigenvalue weighted by Crippen LogP contribution is 2.46. The molecule has 6 rings (SSSR count). The fraction of sp³-hybridized carbons (Fsp3) is 0.441. The topological polar surface area (TPSA) is 109 Å². The second kappa shape index (κ2) is 11.0. The number of amides is 2. The van der Waals surface area contributed by atoms with Gasteiger partial charge in [-0.15, -0.1) is 0 Å². The second-order valence-electron chi connectivity index (χ2n) is 12.7. The van der Waals surface area contributed by atoms with E-state index in [1.165, 1.54) is 0 Å². The van der Waals surface area contributed by atoms with Crippen LogP contribution in [-0.2, 0) is 15.1 Å². The van der Waals surface area contributed by atoms with Crippen LogP contribution in [0.15, 0.2) is 66.9 Å². The van der Waals surface area contributed by atoms with Crippen LogP contribution in [0.5, 0.6) is 0 Å². The Morgan fingerprint density at radius 3 is 2.34 bits per heavy atom. The zero-order valence-corrected chi connectivity index (χ0v) is 23.8. The third-order valence-electron chi connectivity index (χ3n) is 9.26. The number of rotatable bonds is 7. The van der Waals surface area contributed by atoms with Crippen molar-refractivity contribution in [3.05, 3.63) is 72.4 Å². The number of carbonyl (C=O) groups is 2. The zero-order chi connectivity index (χ0) is 28.6. The van der Waals surface area contributed by atoms with Gasteiger partial charge < -0.3 is 21.1 Å². The van der Waals surface area contributed by atoms with E-state index >= 15 is 0 Å². The van der Waals surface area contributed by atoms with E-state index in [4.69, 9.17) is 5.73 Å². The predicted molar refractivity (Wildman–Crippen MR) is 161 cm³/mol. The molecule has 41 heavy (non-hydrogen) atoms. The second-order valence-corrected chi connectivity index (χ2v) is 12.7. The molecule has 2 heterocycles. The van der Waals surface area contributed by atoms with Gasteiger partial charge in [0.1, 0.15) is 5.82 Å². The number of aliphatic hydroxyl groups is 1. The molecule has 2 aliphatic carbocycles. The van der Waals surface area contributed by atoms with Gasteiger partial charge in [0.05, 0.1) is 5.60 Å². The van der Waals surface area contributed by atoms with Crippen molar-refractivity contribution in [3.8, 4) is 22.3 Å². The molecule has 1 aliphatic heterocycles. The average molecular weight is 553 g/mol. The van der Waals surface area contributed by atoms with Crippen LogP contribution in [0.3, 0.4) is 0 Å². The summed E-state index contributed by atoms with van der Waals surface area (Å²) in [6.45, 7) is 2.72. The molecule has 2 saturated carbocycles. The first kappa shape index (κ1) is 27.6. The van der Waals surface area contributed by atoms with Gasteiger partial charge in [0, 0.05) is 42.7 Å². The molecule has 1 saturated heterocycles. The summed E-state index contributed by atoms with van der Waals surface area (Å²) in [5.41, 5.74) is 10.4. The van der Waals surface area contributed by atoms with Crippen LogP contribution < -0.4 is 11.1 Å². The zero-order valence-electron chi connectivity index (χ0n) is 23.8. The van der Waals surface area contributed by atoms with Crippen molar-refractivity contribution in [3.63, 3.8) is 0 Å². The van der Waals surface area contributed by atoms with Gasteiger partial charge in [-0.05, 0) is 86.1 Å². The van der Waals surface area contributed by atoms with Gasteiger partial charge >= 0.3 is 0 Å². The summed E-state index contributed by atoms with van der Waals surface area (Å²) in [4.78, 5) is 31.8. The molecule has 0 atom stereocenters. The van der Waals surface area contributed by atoms with Gasteiger partial charge in [-0.1, -0.05) is 54.6 Å². The van der Waals surface area contributed by atoms with Gasteiger partial charge in [0.15, 0.2) is 0 Å². The highest BCUT2D eigenvalue weighted by atomic mass is 16.3. The number of nitrogens with zero attached hydrogens (tertiary/aromatic N) is 2. The number of hydrogen-bond acceptors (Lipinski definition) is 5. The van der Waals surface area contributed by atoms with E-state index in [9.17, 15) is 14.7 Å². The number of nitrogens with one attached hydrogen (secondary N) is 1. The lowest BCUT2D eigenvalue weighted by molar-refractivity contribution is -0.130. The van der Waals surface area contributed by atoms with E-state index in [1.807, 2.05) is 49.5 Å². The summed E-state index contributed by atoms with van der Waals surface area (Å²) in [7, 11) is 0. The van der Waals surface area contributed by atoms with Crippen LogP contribution in [0.2, 0.25) is 0 Å². The van der Waals surface area contributed by atoms with E-state index in [-0.39, 0.29) is 5.91 Å². The number of pyridine rings is 1. The Labute approximate surface area is 242 Å². The van der Waals surface area contributed by atoms with Crippen molar-refractivity contribution in [1.29, 1.82) is 0 Å². The molecule has 3 aromatic rings. The molecule has 0 bridgehead atoms. The predicted octanol–water partition coefficient (Wildman–Crippen LogP) is 5.62. The van der Waals surface area contributed by atoms with Gasteiger partial charge in [-0.3, -0.25) is 9.59 Å². The monoisotopic (exact) mass is 552 g/mol. The van der Waals surface area contributed by atoms with Gasteiger partial charge in [-0.2, -0.15) is 0 Å². The summed E-state index contributed by atoms with van der Waals surface area (Å²) >= 11 is 0. The maximum atomic E-state index is 13.0. The van der Waals surface area contributed by atoms with Crippen molar-refractivity contribution in [2.24, 2.45) is 11.7 Å². The Morgan fingerprint density at radius 2 is 1.71 bits per heavy atom. The van der Waals surface area contributed by atoms with Crippen LogP contribution in [0.1, 0.15) is 70.3 Å². The van der Waals surface area contributed by atoms with Crippen molar-refractivity contribution in [1.82, 2.24) is 9.88 Å². The number of aromatic nitrogens is 1. The molecule has 3 fully saturated rings. The number of benzene rings is 2. The summed E-state index contributed by atoms with van der Waals surface area (Å²) in [6, 6.07) is 20.6. The van der Waals surface area contributed by atoms with Crippen molar-refractivity contribution < 1.29 is 14.7 Å². The quantitative estimate of drug-likeness (QED) is 0.352. The van der Waals surface area contributed by atoms with Gasteiger partial charge in [0.2, 0.25) is 11.8 Å². The molecule has 1 aromatic heterocycles. The van der Waals surface area contributed by atoms with Crippen molar-refractivity contribution >= 4 is 17.6 Å². The minimum atomic E-state index is -0.703. The van der Waals surface area contributed by atoms with Crippen LogP contribution in [0.4, 0.5) is 5.82 Å². The lowest BCUT2D eigenvalue weighted by Gasteiger charge is -2.49. The van der Waals surface area contributed by atoms with Crippen molar-refractivity contribution in [2.75, 3.05) is 11.9 Å². The fourth-order valence-corrected chi connectivity index (χ4v) is 7.28. The Hall–Kier alpha value is -3.55. The molecule has 2 aromatic carbocycles. The summed E-state index contributed by atoms with van der Waals surface area (Å²) in [5.74, 6) is 1.16. The smallest absolute Gasteiger partial charge is 0.225 e. The number of anilines is 1. The third kappa shape index (κ3) is 5.92. The highest BCUT2D eigenvalue weighted by molar-refractivity contribution is 5.92. The summed E-state index contributed by atoms with van der Waals surface area (Å²) in [6.07, 6.45) is 8.97. The SMILES string of the molecule is CC1(O)CC(N)(c2ccc(-c3cnc(NC(=O)CC4CCC(N5CCCC5=O)CC4)cc3-c3ccccc3)cc2)C1. The van der Waals surface area contributed by atoms with E-state index in [0.717, 1.165) is 66.5 Å². The lowest BCUT2D eigenvalue weighted by Crippen LogP contribution is -2.58. The van der Waals surface area contributed by atoms with E-state index < -0.39 is 11.1 Å². The maximum Gasteiger partial charge on any atom is 0.225 e. The standard InChI is InChI=1S/C34H40N4O3/c1-33(41)21-34(35,22-33)26-13-11-25(12-14-26)29-20-36-30(19-28(29)24-6-3-2-4-7-24)37-31(39)18-23-9-15-27(16-10-23)38-17-5-8-32(38)40/h2-4,6-7,11-14,19-20,23,27,41H,5,8-10,15-18,21-22,35H2,1H3,(H,36,37,39). The molecule has 2 amide bonds. The Balaban J connectivity index is 1.15. The third-order valence-corrected chi connectivity index (χ3v) is 9.26. The first-order valence-corrected chi connectivity index (χ1v) is 15.0. The van der Waals surface area contributed by atoms with Crippen LogP contribution in [0, 0.1) is 5.92 Å². The normalized spacial score (nSPS) is 27.9. The van der Waals surface area contributed by atoms with Crippen molar-refractivity contribution in [2.45, 2.75) is 81.9 Å². The summed E-state index contributed by atoms with van der Waals surface area (Å²) < 4.78 is 0. The molecular weight excluding hydrogens is 512 g/mol. The molecule has 214 valence electrons. The van der Waals surface area contributed by atoms with Crippen LogP contribution in [0.25, 0.3) is 22.3 Å². The van der Waals surface area contributed by atoms with E-state index in [1.54, 1.807) is 0 Å². The minimum Gasteiger partial charge on any atom is -0.390 e. The lowest BCUT2D eigenvalue weighted by atomic mass is 9.63. The minimum absolute atomic E-state index is 0.0149. The molecule has 0 unspecified atom stereocenters. The number of hydrogen-bond donors (Lipinski definition) is 3. The van der Waals surface area contributed by atoms with Crippen LogP contribution in [-0.4, -0.2) is 45.0 Å². The largest absolute Gasteiger partial charge is 0.390 e. The molecular formula is C34H40N4O3. The molecule has 7 heteroatoms. The average Bonchev–Trinajstić information content (AvgIpc) is 3.38. The molecule has 7 nitrogen and oxygen atoms in total. The number of likely N-dealkylation sites (tertiary alicyclic amines) is 1. The first-order valence-electron chi connectivity index (χ1n) is 15.0. The number of nitrogens with two attached hydrogens (primary N) is 1. The Morgan fingerprint density at radius 1 is 1.02 bits per heavy atom. The Kier molecular flexibility index (Phi) is 7.43.